The van der Waals surface area contributed by atoms with Crippen LogP contribution in [-0.4, -0.2) is 17.7 Å². The topological polar surface area (TPSA) is 46.5 Å². The maximum atomic E-state index is 14.0. The van der Waals surface area contributed by atoms with Gasteiger partial charge < -0.3 is 9.84 Å². The van der Waals surface area contributed by atoms with Crippen LogP contribution >= 0.6 is 0 Å². The van der Waals surface area contributed by atoms with Gasteiger partial charge >= 0.3 is 5.97 Å². The van der Waals surface area contributed by atoms with Crippen LogP contribution in [0, 0.1) is 0 Å². The van der Waals surface area contributed by atoms with Crippen molar-refractivity contribution in [1.29, 1.82) is 0 Å². The Labute approximate surface area is 86.5 Å². The van der Waals surface area contributed by atoms with Crippen molar-refractivity contribution in [2.45, 2.75) is 19.0 Å². The second kappa shape index (κ2) is 3.22. The Hall–Kier alpha value is -1.58. The van der Waals surface area contributed by atoms with Gasteiger partial charge in [-0.15, -0.1) is 0 Å². The number of fused-ring (bicyclic) bond motifs is 1. The number of alkyl halides is 1. The second-order valence-electron chi connectivity index (χ2n) is 3.81. The summed E-state index contributed by atoms with van der Waals surface area (Å²) in [6.45, 7) is 1.77. The molecular formula is C11H11FO3. The molecule has 4 heteroatoms. The molecule has 0 unspecified atom stereocenters. The van der Waals surface area contributed by atoms with Gasteiger partial charge in [0.15, 0.2) is 0 Å². The number of rotatable bonds is 1. The van der Waals surface area contributed by atoms with E-state index in [2.05, 4.69) is 0 Å². The third-order valence-corrected chi connectivity index (χ3v) is 2.62. The van der Waals surface area contributed by atoms with E-state index in [1.54, 1.807) is 0 Å². The van der Waals surface area contributed by atoms with E-state index in [0.29, 0.717) is 17.9 Å². The number of carbonyl (C=O) groups is 1. The van der Waals surface area contributed by atoms with E-state index in [4.69, 9.17) is 9.84 Å². The number of aromatic carboxylic acids is 1. The number of carboxylic acids is 1. The van der Waals surface area contributed by atoms with Crippen molar-refractivity contribution in [3.63, 3.8) is 0 Å². The highest BCUT2D eigenvalue weighted by Gasteiger charge is 2.33. The molecule has 0 aromatic heterocycles. The molecule has 0 bridgehead atoms. The SMILES string of the molecule is C[C@]1(F)CCOc2ccc(C(=O)O)cc21. The zero-order valence-corrected chi connectivity index (χ0v) is 8.29. The lowest BCUT2D eigenvalue weighted by Crippen LogP contribution is -2.25. The first-order chi connectivity index (χ1) is 7.00. The van der Waals surface area contributed by atoms with Crippen LogP contribution in [0.5, 0.6) is 5.75 Å². The fraction of sp³-hybridized carbons (Fsp3) is 0.364. The van der Waals surface area contributed by atoms with Crippen molar-refractivity contribution in [3.05, 3.63) is 29.3 Å². The minimum absolute atomic E-state index is 0.0862. The first-order valence-electron chi connectivity index (χ1n) is 4.70. The summed E-state index contributed by atoms with van der Waals surface area (Å²) >= 11 is 0. The van der Waals surface area contributed by atoms with Crippen molar-refractivity contribution in [2.24, 2.45) is 0 Å². The molecule has 1 heterocycles. The van der Waals surface area contributed by atoms with Gasteiger partial charge in [-0.25, -0.2) is 9.18 Å². The Bertz CT molecular complexity index is 412. The molecule has 0 saturated heterocycles. The Kier molecular flexibility index (Phi) is 2.14. The smallest absolute Gasteiger partial charge is 0.335 e. The van der Waals surface area contributed by atoms with E-state index >= 15 is 0 Å². The average molecular weight is 210 g/mol. The fourth-order valence-corrected chi connectivity index (χ4v) is 1.68. The number of ether oxygens (including phenoxy) is 1. The average Bonchev–Trinajstić information content (AvgIpc) is 2.17. The minimum atomic E-state index is -1.50. The molecule has 0 aliphatic carbocycles. The van der Waals surface area contributed by atoms with Crippen LogP contribution in [0.25, 0.3) is 0 Å². The largest absolute Gasteiger partial charge is 0.493 e. The van der Waals surface area contributed by atoms with Gasteiger partial charge in [-0.1, -0.05) is 0 Å². The number of halogens is 1. The van der Waals surface area contributed by atoms with Gasteiger partial charge in [-0.05, 0) is 25.1 Å². The maximum absolute atomic E-state index is 14.0. The minimum Gasteiger partial charge on any atom is -0.493 e. The Morgan fingerprint density at radius 2 is 2.33 bits per heavy atom. The summed E-state index contributed by atoms with van der Waals surface area (Å²) in [6.07, 6.45) is 0.253. The summed E-state index contributed by atoms with van der Waals surface area (Å²) in [6, 6.07) is 4.27. The van der Waals surface area contributed by atoms with Crippen molar-refractivity contribution in [1.82, 2.24) is 0 Å². The van der Waals surface area contributed by atoms with E-state index in [1.807, 2.05) is 0 Å². The van der Waals surface area contributed by atoms with Crippen molar-refractivity contribution in [3.8, 4) is 5.75 Å². The van der Waals surface area contributed by atoms with Crippen molar-refractivity contribution in [2.75, 3.05) is 6.61 Å². The molecule has 1 aliphatic heterocycles. The van der Waals surface area contributed by atoms with Crippen LogP contribution in [0.3, 0.4) is 0 Å². The number of carboxylic acid groups (broad SMARTS) is 1. The van der Waals surface area contributed by atoms with Gasteiger partial charge in [-0.3, -0.25) is 0 Å². The fourth-order valence-electron chi connectivity index (χ4n) is 1.68. The third kappa shape index (κ3) is 1.67. The molecule has 0 fully saturated rings. The summed E-state index contributed by atoms with van der Waals surface area (Å²) in [5.41, 5.74) is -1.09. The van der Waals surface area contributed by atoms with E-state index in [1.165, 1.54) is 25.1 Å². The molecule has 0 radical (unpaired) electrons. The highest BCUT2D eigenvalue weighted by atomic mass is 19.1. The first-order valence-corrected chi connectivity index (χ1v) is 4.70. The quantitative estimate of drug-likeness (QED) is 0.773. The number of hydrogen-bond acceptors (Lipinski definition) is 2. The molecular weight excluding hydrogens is 199 g/mol. The molecule has 1 aromatic carbocycles. The van der Waals surface area contributed by atoms with E-state index in [9.17, 15) is 9.18 Å². The monoisotopic (exact) mass is 210 g/mol. The highest BCUT2D eigenvalue weighted by Crippen LogP contribution is 2.40. The molecule has 2 rings (SSSR count). The van der Waals surface area contributed by atoms with Crippen LogP contribution in [0.1, 0.15) is 29.3 Å². The summed E-state index contributed by atoms with van der Waals surface area (Å²) in [5, 5.41) is 8.79. The van der Waals surface area contributed by atoms with Gasteiger partial charge in [0.05, 0.1) is 12.2 Å². The van der Waals surface area contributed by atoms with Crippen molar-refractivity contribution < 1.29 is 19.0 Å². The first kappa shape index (κ1) is 9.96. The van der Waals surface area contributed by atoms with Gasteiger partial charge in [0.1, 0.15) is 11.4 Å². The molecule has 1 N–H and O–H groups in total. The van der Waals surface area contributed by atoms with Gasteiger partial charge in [0.25, 0.3) is 0 Å². The molecule has 1 atom stereocenters. The summed E-state index contributed by atoms with van der Waals surface area (Å²) in [5.74, 6) is -0.615. The van der Waals surface area contributed by atoms with Crippen molar-refractivity contribution >= 4 is 5.97 Å². The molecule has 15 heavy (non-hydrogen) atoms. The predicted molar refractivity (Wildman–Crippen MR) is 52.0 cm³/mol. The van der Waals surface area contributed by atoms with E-state index in [-0.39, 0.29) is 12.0 Å². The zero-order chi connectivity index (χ0) is 11.1. The molecule has 0 saturated carbocycles. The maximum Gasteiger partial charge on any atom is 0.335 e. The lowest BCUT2D eigenvalue weighted by atomic mass is 9.90. The molecule has 1 aromatic rings. The van der Waals surface area contributed by atoms with Crippen LogP contribution in [0.15, 0.2) is 18.2 Å². The normalized spacial score (nSPS) is 24.1. The summed E-state index contributed by atoms with van der Waals surface area (Å²) in [4.78, 5) is 10.7. The summed E-state index contributed by atoms with van der Waals surface area (Å²) < 4.78 is 19.3. The van der Waals surface area contributed by atoms with E-state index < -0.39 is 11.6 Å². The molecule has 1 aliphatic rings. The Morgan fingerprint density at radius 1 is 1.60 bits per heavy atom. The zero-order valence-electron chi connectivity index (χ0n) is 8.29. The van der Waals surface area contributed by atoms with E-state index in [0.717, 1.165) is 0 Å². The summed E-state index contributed by atoms with van der Waals surface area (Å²) in [7, 11) is 0. The lowest BCUT2D eigenvalue weighted by Gasteiger charge is -2.28. The van der Waals surface area contributed by atoms with Crippen LogP contribution in [-0.2, 0) is 5.67 Å². The molecule has 0 spiro atoms. The standard InChI is InChI=1S/C11H11FO3/c1-11(12)4-5-15-9-3-2-7(10(13)14)6-8(9)11/h2-3,6H,4-5H2,1H3,(H,13,14)/t11-/m0/s1. The third-order valence-electron chi connectivity index (χ3n) is 2.62. The Balaban J connectivity index is 2.53. The highest BCUT2D eigenvalue weighted by molar-refractivity contribution is 5.88. The predicted octanol–water partition coefficient (Wildman–Crippen LogP) is 2.35. The molecule has 0 amide bonds. The molecule has 80 valence electrons. The van der Waals surface area contributed by atoms with Gasteiger partial charge in [0, 0.05) is 12.0 Å². The molecule has 3 nitrogen and oxygen atoms in total. The van der Waals surface area contributed by atoms with Crippen LogP contribution < -0.4 is 4.74 Å². The van der Waals surface area contributed by atoms with Gasteiger partial charge in [-0.2, -0.15) is 0 Å². The second-order valence-corrected chi connectivity index (χ2v) is 3.81. The Morgan fingerprint density at radius 3 is 3.00 bits per heavy atom. The van der Waals surface area contributed by atoms with Gasteiger partial charge in [0.2, 0.25) is 0 Å². The lowest BCUT2D eigenvalue weighted by molar-refractivity contribution is 0.0695. The van der Waals surface area contributed by atoms with Crippen LogP contribution in [0.2, 0.25) is 0 Å². The number of benzene rings is 1. The van der Waals surface area contributed by atoms with Crippen LogP contribution in [0.4, 0.5) is 4.39 Å². The number of hydrogen-bond donors (Lipinski definition) is 1.